The molecule has 1 aliphatic heterocycles. The number of rotatable bonds is 5. The summed E-state index contributed by atoms with van der Waals surface area (Å²) in [4.78, 5) is 12.2. The van der Waals surface area contributed by atoms with E-state index in [4.69, 9.17) is 0 Å². The third kappa shape index (κ3) is 4.28. The van der Waals surface area contributed by atoms with E-state index in [0.717, 1.165) is 32.2 Å². The quantitative estimate of drug-likeness (QED) is 0.675. The Labute approximate surface area is 104 Å². The van der Waals surface area contributed by atoms with Crippen molar-refractivity contribution >= 4 is 5.91 Å². The minimum atomic E-state index is -0.456. The highest BCUT2D eigenvalue weighted by Crippen LogP contribution is 2.19. The smallest absolute Gasteiger partial charge is 0.240 e. The Morgan fingerprint density at radius 3 is 2.65 bits per heavy atom. The maximum atomic E-state index is 12.2. The van der Waals surface area contributed by atoms with E-state index in [2.05, 4.69) is 24.5 Å². The lowest BCUT2D eigenvalue weighted by Crippen LogP contribution is -2.59. The molecule has 2 unspecified atom stereocenters. The predicted molar refractivity (Wildman–Crippen MR) is 68.7 cm³/mol. The van der Waals surface area contributed by atoms with Gasteiger partial charge in [-0.3, -0.25) is 4.79 Å². The van der Waals surface area contributed by atoms with Crippen LogP contribution in [0.4, 0.5) is 0 Å². The number of nitrogens with one attached hydrogen (secondary N) is 2. The Kier molecular flexibility index (Phi) is 5.40. The van der Waals surface area contributed by atoms with E-state index in [1.165, 1.54) is 0 Å². The zero-order valence-corrected chi connectivity index (χ0v) is 11.3. The van der Waals surface area contributed by atoms with E-state index in [1.807, 2.05) is 6.92 Å². The molecule has 1 aliphatic rings. The molecular formula is C13H26N2O2. The maximum absolute atomic E-state index is 12.2. The number of piperidine rings is 1. The fourth-order valence-electron chi connectivity index (χ4n) is 2.34. The zero-order chi connectivity index (χ0) is 12.9. The van der Waals surface area contributed by atoms with Crippen LogP contribution in [-0.2, 0) is 4.79 Å². The number of hydrogen-bond acceptors (Lipinski definition) is 3. The van der Waals surface area contributed by atoms with E-state index in [9.17, 15) is 9.90 Å². The van der Waals surface area contributed by atoms with Gasteiger partial charge in [0.05, 0.1) is 18.2 Å². The van der Waals surface area contributed by atoms with Crippen molar-refractivity contribution in [3.63, 3.8) is 0 Å². The fourth-order valence-corrected chi connectivity index (χ4v) is 2.34. The van der Waals surface area contributed by atoms with Crippen LogP contribution in [0.3, 0.4) is 0 Å². The van der Waals surface area contributed by atoms with Crippen molar-refractivity contribution in [2.24, 2.45) is 5.92 Å². The van der Waals surface area contributed by atoms with Gasteiger partial charge in [-0.1, -0.05) is 13.8 Å². The lowest BCUT2D eigenvalue weighted by atomic mass is 9.89. The van der Waals surface area contributed by atoms with Crippen molar-refractivity contribution in [1.29, 1.82) is 0 Å². The number of carbonyl (C=O) groups excluding carboxylic acids is 1. The molecule has 0 aromatic carbocycles. The SMILES string of the molecule is CC(C)CC(CO)NC(=O)C1(C)CCCCN1. The van der Waals surface area contributed by atoms with E-state index < -0.39 is 5.54 Å². The van der Waals surface area contributed by atoms with Gasteiger partial charge in [0, 0.05) is 0 Å². The Hall–Kier alpha value is -0.610. The molecule has 4 heteroatoms. The van der Waals surface area contributed by atoms with Crippen molar-refractivity contribution in [3.8, 4) is 0 Å². The van der Waals surface area contributed by atoms with Gasteiger partial charge in [0.25, 0.3) is 0 Å². The third-order valence-corrected chi connectivity index (χ3v) is 3.43. The number of aliphatic hydroxyl groups is 1. The summed E-state index contributed by atoms with van der Waals surface area (Å²) in [5.41, 5.74) is -0.456. The van der Waals surface area contributed by atoms with Gasteiger partial charge in [-0.2, -0.15) is 0 Å². The van der Waals surface area contributed by atoms with Gasteiger partial charge in [-0.05, 0) is 45.1 Å². The number of carbonyl (C=O) groups is 1. The second kappa shape index (κ2) is 6.36. The van der Waals surface area contributed by atoms with Gasteiger partial charge < -0.3 is 15.7 Å². The summed E-state index contributed by atoms with van der Waals surface area (Å²) in [7, 11) is 0. The van der Waals surface area contributed by atoms with Crippen LogP contribution in [0.15, 0.2) is 0 Å². The van der Waals surface area contributed by atoms with Crippen LogP contribution in [0.25, 0.3) is 0 Å². The molecule has 1 rings (SSSR count). The number of amides is 1. The second-order valence-corrected chi connectivity index (χ2v) is 5.70. The molecular weight excluding hydrogens is 216 g/mol. The lowest BCUT2D eigenvalue weighted by Gasteiger charge is -2.35. The minimum Gasteiger partial charge on any atom is -0.394 e. The monoisotopic (exact) mass is 242 g/mol. The second-order valence-electron chi connectivity index (χ2n) is 5.70. The van der Waals surface area contributed by atoms with Crippen LogP contribution in [0.1, 0.15) is 46.5 Å². The molecule has 0 spiro atoms. The highest BCUT2D eigenvalue weighted by molar-refractivity contribution is 5.86. The van der Waals surface area contributed by atoms with E-state index in [0.29, 0.717) is 5.92 Å². The van der Waals surface area contributed by atoms with E-state index in [-0.39, 0.29) is 18.6 Å². The summed E-state index contributed by atoms with van der Waals surface area (Å²) in [6, 6.07) is -0.122. The maximum Gasteiger partial charge on any atom is 0.240 e. The van der Waals surface area contributed by atoms with Crippen LogP contribution in [-0.4, -0.2) is 35.7 Å². The summed E-state index contributed by atoms with van der Waals surface area (Å²) in [5.74, 6) is 0.497. The molecule has 0 aliphatic carbocycles. The van der Waals surface area contributed by atoms with Gasteiger partial charge in [-0.15, -0.1) is 0 Å². The van der Waals surface area contributed by atoms with Crippen LogP contribution < -0.4 is 10.6 Å². The molecule has 0 aromatic heterocycles. The molecule has 0 radical (unpaired) electrons. The zero-order valence-electron chi connectivity index (χ0n) is 11.3. The van der Waals surface area contributed by atoms with Crippen LogP contribution in [0.5, 0.6) is 0 Å². The lowest BCUT2D eigenvalue weighted by molar-refractivity contribution is -0.129. The van der Waals surface area contributed by atoms with Gasteiger partial charge in [0.2, 0.25) is 5.91 Å². The molecule has 17 heavy (non-hydrogen) atoms. The number of aliphatic hydroxyl groups excluding tert-OH is 1. The highest BCUT2D eigenvalue weighted by Gasteiger charge is 2.35. The molecule has 1 heterocycles. The van der Waals surface area contributed by atoms with Crippen molar-refractivity contribution in [1.82, 2.24) is 10.6 Å². The molecule has 100 valence electrons. The minimum absolute atomic E-state index is 0.0139. The molecule has 0 saturated carbocycles. The van der Waals surface area contributed by atoms with Crippen molar-refractivity contribution in [2.45, 2.75) is 58.0 Å². The summed E-state index contributed by atoms with van der Waals surface area (Å²) < 4.78 is 0. The summed E-state index contributed by atoms with van der Waals surface area (Å²) in [6.45, 7) is 7.05. The van der Waals surface area contributed by atoms with Crippen LogP contribution in [0, 0.1) is 5.92 Å². The molecule has 2 atom stereocenters. The third-order valence-electron chi connectivity index (χ3n) is 3.43. The normalized spacial score (nSPS) is 26.9. The van der Waals surface area contributed by atoms with Gasteiger partial charge in [-0.25, -0.2) is 0 Å². The largest absolute Gasteiger partial charge is 0.394 e. The molecule has 3 N–H and O–H groups in total. The predicted octanol–water partition coefficient (Wildman–Crippen LogP) is 1.04. The van der Waals surface area contributed by atoms with Crippen LogP contribution in [0.2, 0.25) is 0 Å². The van der Waals surface area contributed by atoms with Crippen molar-refractivity contribution < 1.29 is 9.90 Å². The van der Waals surface area contributed by atoms with Gasteiger partial charge >= 0.3 is 0 Å². The van der Waals surface area contributed by atoms with Crippen molar-refractivity contribution in [2.75, 3.05) is 13.2 Å². The Bertz CT molecular complexity index is 248. The van der Waals surface area contributed by atoms with Crippen molar-refractivity contribution in [3.05, 3.63) is 0 Å². The summed E-state index contributed by atoms with van der Waals surface area (Å²) >= 11 is 0. The first-order chi connectivity index (χ1) is 7.98. The highest BCUT2D eigenvalue weighted by atomic mass is 16.3. The van der Waals surface area contributed by atoms with Crippen LogP contribution >= 0.6 is 0 Å². The van der Waals surface area contributed by atoms with E-state index in [1.54, 1.807) is 0 Å². The molecule has 0 bridgehead atoms. The number of hydrogen-bond donors (Lipinski definition) is 3. The first-order valence-corrected chi connectivity index (χ1v) is 6.65. The first kappa shape index (κ1) is 14.5. The summed E-state index contributed by atoms with van der Waals surface area (Å²) in [5, 5.41) is 15.5. The fraction of sp³-hybridized carbons (Fsp3) is 0.923. The molecule has 4 nitrogen and oxygen atoms in total. The standard InChI is InChI=1S/C13H26N2O2/c1-10(2)8-11(9-16)15-12(17)13(3)6-4-5-7-14-13/h10-11,14,16H,4-9H2,1-3H3,(H,15,17). The van der Waals surface area contributed by atoms with E-state index >= 15 is 0 Å². The molecule has 0 aromatic rings. The van der Waals surface area contributed by atoms with Gasteiger partial charge in [0.1, 0.15) is 0 Å². The van der Waals surface area contributed by atoms with Gasteiger partial charge in [0.15, 0.2) is 0 Å². The topological polar surface area (TPSA) is 61.4 Å². The molecule has 1 saturated heterocycles. The first-order valence-electron chi connectivity index (χ1n) is 6.65. The molecule has 1 fully saturated rings. The summed E-state index contributed by atoms with van der Waals surface area (Å²) in [6.07, 6.45) is 3.92. The Morgan fingerprint density at radius 1 is 1.47 bits per heavy atom. The Balaban J connectivity index is 2.50. The average Bonchev–Trinajstić information content (AvgIpc) is 2.28. The molecule has 1 amide bonds. The average molecular weight is 242 g/mol. The Morgan fingerprint density at radius 2 is 2.18 bits per heavy atom.